The van der Waals surface area contributed by atoms with Crippen LogP contribution in [0.5, 0.6) is 0 Å². The van der Waals surface area contributed by atoms with Crippen molar-refractivity contribution in [2.24, 2.45) is 0 Å². The second kappa shape index (κ2) is 7.64. The number of hydrogen-bond acceptors (Lipinski definition) is 3. The van der Waals surface area contributed by atoms with Crippen LogP contribution in [0.4, 0.5) is 4.79 Å². The molecule has 1 heterocycles. The molecule has 2 amide bonds. The van der Waals surface area contributed by atoms with Gasteiger partial charge in [0.2, 0.25) is 0 Å². The fourth-order valence-corrected chi connectivity index (χ4v) is 3.49. The fourth-order valence-electron chi connectivity index (χ4n) is 3.49. The van der Waals surface area contributed by atoms with Crippen molar-refractivity contribution in [2.75, 3.05) is 26.7 Å². The third-order valence-corrected chi connectivity index (χ3v) is 4.74. The van der Waals surface area contributed by atoms with Gasteiger partial charge in [-0.25, -0.2) is 4.79 Å². The van der Waals surface area contributed by atoms with E-state index in [9.17, 15) is 9.59 Å². The van der Waals surface area contributed by atoms with Crippen LogP contribution in [0.2, 0.25) is 0 Å². The van der Waals surface area contributed by atoms with Gasteiger partial charge in [-0.15, -0.1) is 0 Å². The van der Waals surface area contributed by atoms with Gasteiger partial charge in [0, 0.05) is 31.7 Å². The van der Waals surface area contributed by atoms with E-state index in [1.165, 1.54) is 25.7 Å². The lowest BCUT2D eigenvalue weighted by molar-refractivity contribution is -0.137. The molecule has 2 N–H and O–H groups in total. The summed E-state index contributed by atoms with van der Waals surface area (Å²) < 4.78 is 0. The van der Waals surface area contributed by atoms with E-state index in [1.807, 2.05) is 0 Å². The zero-order chi connectivity index (χ0) is 15.2. The summed E-state index contributed by atoms with van der Waals surface area (Å²) in [6.07, 6.45) is 6.89. The van der Waals surface area contributed by atoms with Crippen LogP contribution in [0.1, 0.15) is 44.9 Å². The predicted molar refractivity (Wildman–Crippen MR) is 80.3 cm³/mol. The van der Waals surface area contributed by atoms with Gasteiger partial charge in [0.05, 0.1) is 6.42 Å². The number of nitrogens with one attached hydrogen (secondary N) is 1. The highest BCUT2D eigenvalue weighted by Crippen LogP contribution is 2.22. The second-order valence-electron chi connectivity index (χ2n) is 6.24. The number of carbonyl (C=O) groups is 2. The first kappa shape index (κ1) is 16.1. The Bertz CT molecular complexity index is 369. The molecule has 1 unspecified atom stereocenters. The molecular weight excluding hydrogens is 270 g/mol. The Morgan fingerprint density at radius 2 is 1.95 bits per heavy atom. The van der Waals surface area contributed by atoms with Gasteiger partial charge in [-0.05, 0) is 32.7 Å². The lowest BCUT2D eigenvalue weighted by Gasteiger charge is -2.26. The van der Waals surface area contributed by atoms with Crippen LogP contribution in [0.15, 0.2) is 0 Å². The highest BCUT2D eigenvalue weighted by Gasteiger charge is 2.30. The predicted octanol–water partition coefficient (Wildman–Crippen LogP) is 1.51. The Kier molecular flexibility index (Phi) is 5.85. The highest BCUT2D eigenvalue weighted by molar-refractivity contribution is 5.76. The normalized spacial score (nSPS) is 23.0. The first-order chi connectivity index (χ1) is 10.1. The first-order valence-electron chi connectivity index (χ1n) is 8.04. The number of urea groups is 1. The summed E-state index contributed by atoms with van der Waals surface area (Å²) >= 11 is 0. The number of likely N-dealkylation sites (tertiary alicyclic amines) is 1. The molecule has 21 heavy (non-hydrogen) atoms. The molecule has 0 spiro atoms. The number of carboxylic acids is 1. The number of hydrogen-bond donors (Lipinski definition) is 2. The monoisotopic (exact) mass is 297 g/mol. The van der Waals surface area contributed by atoms with Crippen molar-refractivity contribution in [3.05, 3.63) is 0 Å². The van der Waals surface area contributed by atoms with E-state index in [2.05, 4.69) is 17.3 Å². The Hall–Kier alpha value is -1.30. The number of amides is 2. The molecule has 1 aliphatic carbocycles. The van der Waals surface area contributed by atoms with Crippen molar-refractivity contribution in [3.63, 3.8) is 0 Å². The zero-order valence-corrected chi connectivity index (χ0v) is 12.9. The smallest absolute Gasteiger partial charge is 0.317 e. The van der Waals surface area contributed by atoms with Gasteiger partial charge in [-0.2, -0.15) is 0 Å². The zero-order valence-electron chi connectivity index (χ0n) is 12.9. The molecule has 0 aromatic heterocycles. The Morgan fingerprint density at radius 1 is 1.24 bits per heavy atom. The minimum Gasteiger partial charge on any atom is -0.481 e. The topological polar surface area (TPSA) is 72.9 Å². The lowest BCUT2D eigenvalue weighted by atomic mass is 10.1. The largest absolute Gasteiger partial charge is 0.481 e. The lowest BCUT2D eigenvalue weighted by Crippen LogP contribution is -2.46. The number of rotatable bonds is 6. The Morgan fingerprint density at radius 3 is 2.62 bits per heavy atom. The highest BCUT2D eigenvalue weighted by atomic mass is 16.4. The van der Waals surface area contributed by atoms with E-state index in [4.69, 9.17) is 5.11 Å². The van der Waals surface area contributed by atoms with Crippen molar-refractivity contribution in [1.82, 2.24) is 15.1 Å². The van der Waals surface area contributed by atoms with Gasteiger partial charge >= 0.3 is 12.0 Å². The molecule has 6 nitrogen and oxygen atoms in total. The average Bonchev–Trinajstić information content (AvgIpc) is 3.08. The van der Waals surface area contributed by atoms with Gasteiger partial charge in [0.25, 0.3) is 0 Å². The minimum absolute atomic E-state index is 0.0510. The third kappa shape index (κ3) is 4.59. The molecule has 2 fully saturated rings. The van der Waals surface area contributed by atoms with Crippen LogP contribution >= 0.6 is 0 Å². The van der Waals surface area contributed by atoms with Gasteiger partial charge in [-0.1, -0.05) is 12.8 Å². The summed E-state index contributed by atoms with van der Waals surface area (Å²) in [4.78, 5) is 27.0. The molecule has 2 rings (SSSR count). The van der Waals surface area contributed by atoms with Crippen LogP contribution in [0, 0.1) is 0 Å². The summed E-state index contributed by atoms with van der Waals surface area (Å²) in [6, 6.07) is 0.405. The third-order valence-electron chi connectivity index (χ3n) is 4.74. The average molecular weight is 297 g/mol. The van der Waals surface area contributed by atoms with Crippen LogP contribution < -0.4 is 5.32 Å². The van der Waals surface area contributed by atoms with Crippen LogP contribution in [-0.2, 0) is 4.79 Å². The van der Waals surface area contributed by atoms with Crippen LogP contribution in [-0.4, -0.2) is 65.7 Å². The van der Waals surface area contributed by atoms with Gasteiger partial charge in [0.15, 0.2) is 0 Å². The number of carbonyl (C=O) groups excluding carboxylic acids is 1. The molecule has 1 atom stereocenters. The molecule has 120 valence electrons. The van der Waals surface area contributed by atoms with E-state index in [0.29, 0.717) is 19.1 Å². The Labute approximate surface area is 126 Å². The van der Waals surface area contributed by atoms with Gasteiger partial charge in [0.1, 0.15) is 0 Å². The molecule has 2 aliphatic rings. The molecule has 0 aromatic rings. The SMILES string of the molecule is CN(CCNC(=O)N1CCCC1CC(=O)O)C1CCCC1. The van der Waals surface area contributed by atoms with Crippen molar-refractivity contribution in [3.8, 4) is 0 Å². The number of carboxylic acid groups (broad SMARTS) is 1. The van der Waals surface area contributed by atoms with E-state index >= 15 is 0 Å². The molecular formula is C15H27N3O3. The molecule has 0 aromatic carbocycles. The molecule has 0 radical (unpaired) electrons. The maximum atomic E-state index is 12.1. The summed E-state index contributed by atoms with van der Waals surface area (Å²) in [7, 11) is 2.12. The van der Waals surface area contributed by atoms with Crippen molar-refractivity contribution in [2.45, 2.75) is 57.0 Å². The maximum Gasteiger partial charge on any atom is 0.317 e. The summed E-state index contributed by atoms with van der Waals surface area (Å²) in [6.45, 7) is 2.15. The fraction of sp³-hybridized carbons (Fsp3) is 0.867. The second-order valence-corrected chi connectivity index (χ2v) is 6.24. The molecule has 1 saturated carbocycles. The van der Waals surface area contributed by atoms with Gasteiger partial charge in [-0.3, -0.25) is 4.79 Å². The van der Waals surface area contributed by atoms with Crippen molar-refractivity contribution in [1.29, 1.82) is 0 Å². The summed E-state index contributed by atoms with van der Waals surface area (Å²) in [5.41, 5.74) is 0. The summed E-state index contributed by atoms with van der Waals surface area (Å²) in [5.74, 6) is -0.833. The van der Waals surface area contributed by atoms with Crippen LogP contribution in [0.3, 0.4) is 0 Å². The van der Waals surface area contributed by atoms with E-state index in [0.717, 1.165) is 19.4 Å². The molecule has 6 heteroatoms. The molecule has 0 bridgehead atoms. The van der Waals surface area contributed by atoms with Crippen molar-refractivity contribution >= 4 is 12.0 Å². The van der Waals surface area contributed by atoms with E-state index < -0.39 is 5.97 Å². The number of aliphatic carboxylic acids is 1. The maximum absolute atomic E-state index is 12.1. The number of likely N-dealkylation sites (N-methyl/N-ethyl adjacent to an activating group) is 1. The van der Waals surface area contributed by atoms with Gasteiger partial charge < -0.3 is 20.2 Å². The van der Waals surface area contributed by atoms with Crippen molar-refractivity contribution < 1.29 is 14.7 Å². The summed E-state index contributed by atoms with van der Waals surface area (Å²) in [5, 5.41) is 11.8. The van der Waals surface area contributed by atoms with E-state index in [-0.39, 0.29) is 18.5 Å². The minimum atomic E-state index is -0.833. The van der Waals surface area contributed by atoms with E-state index in [1.54, 1.807) is 4.90 Å². The first-order valence-corrected chi connectivity index (χ1v) is 8.04. The molecule has 1 aliphatic heterocycles. The standard InChI is InChI=1S/C15H27N3O3/c1-17(12-5-2-3-6-12)10-8-16-15(21)18-9-4-7-13(18)11-14(19)20/h12-13H,2-11H2,1H3,(H,16,21)(H,19,20). The number of nitrogens with zero attached hydrogens (tertiary/aromatic N) is 2. The molecule has 1 saturated heterocycles. The van der Waals surface area contributed by atoms with Crippen LogP contribution in [0.25, 0.3) is 0 Å². The Balaban J connectivity index is 1.69. The quantitative estimate of drug-likeness (QED) is 0.779.